The summed E-state index contributed by atoms with van der Waals surface area (Å²) in [6, 6.07) is 5.93. The van der Waals surface area contributed by atoms with Crippen LogP contribution >= 0.6 is 35.6 Å². The predicted octanol–water partition coefficient (Wildman–Crippen LogP) is 3.42. The molecule has 0 saturated carbocycles. The van der Waals surface area contributed by atoms with Crippen LogP contribution in [0.2, 0.25) is 0 Å². The Balaban J connectivity index is 2.73. The lowest BCUT2D eigenvalue weighted by atomic mass is 10.2. The Kier molecular flexibility index (Phi) is 3.02. The van der Waals surface area contributed by atoms with Crippen molar-refractivity contribution in [3.05, 3.63) is 28.6 Å². The third-order valence-electron chi connectivity index (χ3n) is 2.11. The van der Waals surface area contributed by atoms with Gasteiger partial charge in [0.1, 0.15) is 0 Å². The number of aliphatic hydroxyl groups excluding tert-OH is 1. The summed E-state index contributed by atoms with van der Waals surface area (Å²) in [7, 11) is 0. The molecule has 0 aliphatic heterocycles. The number of alkyl halides is 1. The SMILES string of the molecule is OCc1cc2ccc(S)c(CCl)c2s1. The van der Waals surface area contributed by atoms with Gasteiger partial charge in [-0.2, -0.15) is 0 Å². The minimum absolute atomic E-state index is 0.0863. The lowest BCUT2D eigenvalue weighted by Crippen LogP contribution is -1.80. The molecule has 1 aromatic carbocycles. The maximum absolute atomic E-state index is 9.03. The van der Waals surface area contributed by atoms with Crippen LogP contribution in [0.4, 0.5) is 0 Å². The molecule has 74 valence electrons. The molecule has 0 atom stereocenters. The molecule has 2 aromatic rings. The highest BCUT2D eigenvalue weighted by Crippen LogP contribution is 2.33. The Hall–Kier alpha value is -0.220. The first-order chi connectivity index (χ1) is 6.76. The number of thiophene rings is 1. The first-order valence-corrected chi connectivity index (χ1v) is 5.96. The summed E-state index contributed by atoms with van der Waals surface area (Å²) in [6.45, 7) is 0.0863. The van der Waals surface area contributed by atoms with E-state index in [1.165, 1.54) is 0 Å². The van der Waals surface area contributed by atoms with Gasteiger partial charge in [0, 0.05) is 20.4 Å². The first-order valence-electron chi connectivity index (χ1n) is 4.16. The van der Waals surface area contributed by atoms with E-state index in [0.717, 1.165) is 25.4 Å². The molecule has 1 aromatic heterocycles. The van der Waals surface area contributed by atoms with Gasteiger partial charge >= 0.3 is 0 Å². The van der Waals surface area contributed by atoms with Crippen LogP contribution in [-0.4, -0.2) is 5.11 Å². The number of aliphatic hydroxyl groups is 1. The van der Waals surface area contributed by atoms with Crippen molar-refractivity contribution in [3.8, 4) is 0 Å². The average molecular weight is 245 g/mol. The summed E-state index contributed by atoms with van der Waals surface area (Å²) in [5, 5.41) is 10.2. The normalized spacial score (nSPS) is 11.1. The summed E-state index contributed by atoms with van der Waals surface area (Å²) < 4.78 is 1.14. The molecule has 0 aliphatic carbocycles. The fourth-order valence-electron chi connectivity index (χ4n) is 1.41. The monoisotopic (exact) mass is 244 g/mol. The Morgan fingerprint density at radius 3 is 2.86 bits per heavy atom. The fourth-order valence-corrected chi connectivity index (χ4v) is 3.26. The third-order valence-corrected chi connectivity index (χ3v) is 3.99. The van der Waals surface area contributed by atoms with Crippen LogP contribution in [-0.2, 0) is 12.5 Å². The van der Waals surface area contributed by atoms with E-state index in [1.54, 1.807) is 11.3 Å². The second-order valence-electron chi connectivity index (χ2n) is 2.99. The van der Waals surface area contributed by atoms with E-state index in [1.807, 2.05) is 18.2 Å². The zero-order valence-corrected chi connectivity index (χ0v) is 9.79. The Bertz CT molecular complexity index is 464. The highest BCUT2D eigenvalue weighted by Gasteiger charge is 2.07. The van der Waals surface area contributed by atoms with Gasteiger partial charge in [-0.1, -0.05) is 6.07 Å². The fraction of sp³-hybridized carbons (Fsp3) is 0.200. The molecule has 0 unspecified atom stereocenters. The molecule has 0 spiro atoms. The molecule has 0 radical (unpaired) electrons. The number of fused-ring (bicyclic) bond motifs is 1. The summed E-state index contributed by atoms with van der Waals surface area (Å²) >= 11 is 11.8. The van der Waals surface area contributed by atoms with E-state index in [9.17, 15) is 0 Å². The van der Waals surface area contributed by atoms with Gasteiger partial charge in [-0.25, -0.2) is 0 Å². The Morgan fingerprint density at radius 2 is 2.21 bits per heavy atom. The number of hydrogen-bond acceptors (Lipinski definition) is 3. The van der Waals surface area contributed by atoms with Crippen molar-refractivity contribution in [2.75, 3.05) is 0 Å². The summed E-state index contributed by atoms with van der Waals surface area (Å²) in [6.07, 6.45) is 0. The third kappa shape index (κ3) is 1.65. The van der Waals surface area contributed by atoms with Crippen molar-refractivity contribution >= 4 is 45.7 Å². The topological polar surface area (TPSA) is 20.2 Å². The van der Waals surface area contributed by atoms with E-state index in [0.29, 0.717) is 5.88 Å². The maximum atomic E-state index is 9.03. The van der Waals surface area contributed by atoms with E-state index >= 15 is 0 Å². The molecule has 1 N–H and O–H groups in total. The largest absolute Gasteiger partial charge is 0.391 e. The Morgan fingerprint density at radius 1 is 1.43 bits per heavy atom. The van der Waals surface area contributed by atoms with Gasteiger partial charge in [-0.15, -0.1) is 35.6 Å². The number of halogens is 1. The number of rotatable bonds is 2. The van der Waals surface area contributed by atoms with Crippen LogP contribution in [0, 0.1) is 0 Å². The smallest absolute Gasteiger partial charge is 0.0774 e. The van der Waals surface area contributed by atoms with Crippen LogP contribution in [0.3, 0.4) is 0 Å². The second kappa shape index (κ2) is 4.11. The van der Waals surface area contributed by atoms with Crippen molar-refractivity contribution < 1.29 is 5.11 Å². The lowest BCUT2D eigenvalue weighted by Gasteiger charge is -2.01. The summed E-state index contributed by atoms with van der Waals surface area (Å²) in [4.78, 5) is 1.88. The zero-order chi connectivity index (χ0) is 10.1. The highest BCUT2D eigenvalue weighted by molar-refractivity contribution is 7.80. The van der Waals surface area contributed by atoms with Crippen molar-refractivity contribution in [2.24, 2.45) is 0 Å². The molecule has 0 bridgehead atoms. The molecule has 1 heterocycles. The minimum Gasteiger partial charge on any atom is -0.391 e. The quantitative estimate of drug-likeness (QED) is 0.613. The predicted molar refractivity (Wildman–Crippen MR) is 64.6 cm³/mol. The molecule has 0 aliphatic rings. The standard InChI is InChI=1S/C10H9ClOS2/c11-4-8-9(13)2-1-6-3-7(5-12)14-10(6)8/h1-3,12-13H,4-5H2. The molecule has 0 saturated heterocycles. The van der Waals surface area contributed by atoms with Crippen LogP contribution < -0.4 is 0 Å². The summed E-state index contributed by atoms with van der Waals surface area (Å²) in [5.41, 5.74) is 1.05. The highest BCUT2D eigenvalue weighted by atomic mass is 35.5. The molecule has 0 fully saturated rings. The molecular weight excluding hydrogens is 236 g/mol. The Labute approximate surface area is 96.7 Å². The van der Waals surface area contributed by atoms with Crippen LogP contribution in [0.5, 0.6) is 0 Å². The van der Waals surface area contributed by atoms with Gasteiger partial charge in [0.05, 0.1) is 6.61 Å². The number of thiol groups is 1. The van der Waals surface area contributed by atoms with Gasteiger partial charge in [0.25, 0.3) is 0 Å². The maximum Gasteiger partial charge on any atom is 0.0774 e. The molecule has 1 nitrogen and oxygen atoms in total. The average Bonchev–Trinajstić information content (AvgIpc) is 2.60. The van der Waals surface area contributed by atoms with E-state index in [-0.39, 0.29) is 6.61 Å². The second-order valence-corrected chi connectivity index (χ2v) is 4.87. The van der Waals surface area contributed by atoms with Crippen molar-refractivity contribution in [1.29, 1.82) is 0 Å². The van der Waals surface area contributed by atoms with Crippen molar-refractivity contribution in [3.63, 3.8) is 0 Å². The zero-order valence-electron chi connectivity index (χ0n) is 7.33. The van der Waals surface area contributed by atoms with Gasteiger partial charge in [-0.05, 0) is 23.1 Å². The first kappa shape index (κ1) is 10.3. The van der Waals surface area contributed by atoms with Gasteiger partial charge in [0.15, 0.2) is 0 Å². The van der Waals surface area contributed by atoms with E-state index < -0.39 is 0 Å². The van der Waals surface area contributed by atoms with Gasteiger partial charge in [-0.3, -0.25) is 0 Å². The van der Waals surface area contributed by atoms with Crippen molar-refractivity contribution in [2.45, 2.75) is 17.4 Å². The van der Waals surface area contributed by atoms with Gasteiger partial charge in [0.2, 0.25) is 0 Å². The molecular formula is C10H9ClOS2. The molecule has 14 heavy (non-hydrogen) atoms. The molecule has 4 heteroatoms. The van der Waals surface area contributed by atoms with Crippen molar-refractivity contribution in [1.82, 2.24) is 0 Å². The van der Waals surface area contributed by atoms with Crippen LogP contribution in [0.25, 0.3) is 10.1 Å². The minimum atomic E-state index is 0.0863. The molecule has 0 amide bonds. The van der Waals surface area contributed by atoms with E-state index in [2.05, 4.69) is 12.6 Å². The van der Waals surface area contributed by atoms with Crippen LogP contribution in [0.15, 0.2) is 23.1 Å². The number of benzene rings is 1. The van der Waals surface area contributed by atoms with Crippen LogP contribution in [0.1, 0.15) is 10.4 Å². The number of hydrogen-bond donors (Lipinski definition) is 2. The lowest BCUT2D eigenvalue weighted by molar-refractivity contribution is 0.285. The van der Waals surface area contributed by atoms with E-state index in [4.69, 9.17) is 16.7 Å². The van der Waals surface area contributed by atoms with Gasteiger partial charge < -0.3 is 5.11 Å². The summed E-state index contributed by atoms with van der Waals surface area (Å²) in [5.74, 6) is 0.460. The molecule has 2 rings (SSSR count).